The Morgan fingerprint density at radius 3 is 1.92 bits per heavy atom. The standard InChI is InChI=1S/C45H31N5/c1-4-15-30(16-5-1)32-19-14-20-33(29-32)44-46-43(31-17-6-2-7-18-31)47-45(48-44)50-40-26-13-11-24-36(40)38-28-27-37-35-23-10-12-25-39(35)49(41(37)42(38)50)34-21-8-3-9-22-34/h1-29,35,39H. The lowest BCUT2D eigenvalue weighted by Gasteiger charge is -2.29. The molecular formula is C45H31N5. The van der Waals surface area contributed by atoms with Crippen molar-refractivity contribution in [3.05, 3.63) is 182 Å². The lowest BCUT2D eigenvalue weighted by atomic mass is 9.91. The summed E-state index contributed by atoms with van der Waals surface area (Å²) in [5.41, 5.74) is 9.93. The molecule has 0 bridgehead atoms. The lowest BCUT2D eigenvalue weighted by Crippen LogP contribution is -2.28. The molecule has 8 aromatic rings. The molecule has 0 spiro atoms. The molecule has 0 radical (unpaired) electrons. The lowest BCUT2D eigenvalue weighted by molar-refractivity contribution is 0.745. The molecular weight excluding hydrogens is 611 g/mol. The fourth-order valence-electron chi connectivity index (χ4n) is 7.73. The van der Waals surface area contributed by atoms with E-state index in [0.29, 0.717) is 17.6 Å². The second-order valence-corrected chi connectivity index (χ2v) is 12.8. The van der Waals surface area contributed by atoms with E-state index >= 15 is 0 Å². The van der Waals surface area contributed by atoms with Gasteiger partial charge in [0.15, 0.2) is 11.6 Å². The van der Waals surface area contributed by atoms with E-state index in [1.54, 1.807) is 0 Å². The SMILES string of the molecule is C1=CC2c3ccc4c5ccccc5n(-c5nc(-c6ccccc6)nc(-c6cccc(-c7ccccc7)c6)n5)c4c3N(c3ccccc3)C2C=C1. The Morgan fingerprint density at radius 2 is 1.12 bits per heavy atom. The zero-order valence-corrected chi connectivity index (χ0v) is 27.1. The molecule has 0 N–H and O–H groups in total. The van der Waals surface area contributed by atoms with Gasteiger partial charge in [0.25, 0.3) is 0 Å². The van der Waals surface area contributed by atoms with Gasteiger partial charge in [-0.2, -0.15) is 9.97 Å². The highest BCUT2D eigenvalue weighted by Gasteiger charge is 2.40. The van der Waals surface area contributed by atoms with Gasteiger partial charge in [-0.15, -0.1) is 0 Å². The minimum atomic E-state index is 0.156. The molecule has 0 amide bonds. The number of hydrogen-bond donors (Lipinski definition) is 0. The van der Waals surface area contributed by atoms with Crippen molar-refractivity contribution in [2.24, 2.45) is 0 Å². The van der Waals surface area contributed by atoms with Gasteiger partial charge >= 0.3 is 0 Å². The third kappa shape index (κ3) is 4.51. The van der Waals surface area contributed by atoms with E-state index in [-0.39, 0.29) is 12.0 Å². The second-order valence-electron chi connectivity index (χ2n) is 12.8. The van der Waals surface area contributed by atoms with Crippen LogP contribution in [0, 0.1) is 0 Å². The van der Waals surface area contributed by atoms with Crippen molar-refractivity contribution in [1.29, 1.82) is 0 Å². The van der Waals surface area contributed by atoms with E-state index in [1.165, 1.54) is 16.6 Å². The van der Waals surface area contributed by atoms with Crippen LogP contribution in [0.4, 0.5) is 11.4 Å². The summed E-state index contributed by atoms with van der Waals surface area (Å²) < 4.78 is 2.27. The smallest absolute Gasteiger partial charge is 0.238 e. The summed E-state index contributed by atoms with van der Waals surface area (Å²) >= 11 is 0. The first-order valence-corrected chi connectivity index (χ1v) is 17.0. The van der Waals surface area contributed by atoms with Crippen LogP contribution in [0.1, 0.15) is 11.5 Å². The van der Waals surface area contributed by atoms with Gasteiger partial charge in [-0.3, -0.25) is 4.57 Å². The molecule has 236 valence electrons. The van der Waals surface area contributed by atoms with Crippen LogP contribution in [0.3, 0.4) is 0 Å². The molecule has 1 aliphatic heterocycles. The fraction of sp³-hybridized carbons (Fsp3) is 0.0444. The number of hydrogen-bond acceptors (Lipinski definition) is 4. The summed E-state index contributed by atoms with van der Waals surface area (Å²) in [6.07, 6.45) is 9.00. The van der Waals surface area contributed by atoms with Gasteiger partial charge in [0.1, 0.15) is 0 Å². The Morgan fingerprint density at radius 1 is 0.480 bits per heavy atom. The number of benzene rings is 6. The molecule has 0 fully saturated rings. The van der Waals surface area contributed by atoms with Crippen LogP contribution >= 0.6 is 0 Å². The molecule has 50 heavy (non-hydrogen) atoms. The predicted octanol–water partition coefficient (Wildman–Crippen LogP) is 10.7. The van der Waals surface area contributed by atoms with Crippen molar-refractivity contribution < 1.29 is 0 Å². The summed E-state index contributed by atoms with van der Waals surface area (Å²) in [4.78, 5) is 18.2. The second kappa shape index (κ2) is 11.5. The van der Waals surface area contributed by atoms with Crippen molar-refractivity contribution in [3.63, 3.8) is 0 Å². The Bertz CT molecular complexity index is 2600. The van der Waals surface area contributed by atoms with E-state index in [9.17, 15) is 0 Å². The van der Waals surface area contributed by atoms with E-state index in [0.717, 1.165) is 44.4 Å². The molecule has 2 aliphatic rings. The number of anilines is 2. The van der Waals surface area contributed by atoms with Crippen molar-refractivity contribution >= 4 is 33.2 Å². The van der Waals surface area contributed by atoms with Gasteiger partial charge in [-0.1, -0.05) is 152 Å². The molecule has 5 heteroatoms. The zero-order chi connectivity index (χ0) is 33.0. The molecule has 2 aromatic heterocycles. The summed E-state index contributed by atoms with van der Waals surface area (Å²) in [5.74, 6) is 2.08. The molecule has 1 aliphatic carbocycles. The van der Waals surface area contributed by atoms with Crippen LogP contribution in [-0.4, -0.2) is 25.6 Å². The van der Waals surface area contributed by atoms with Crippen LogP contribution in [0.15, 0.2) is 176 Å². The third-order valence-corrected chi connectivity index (χ3v) is 9.96. The highest BCUT2D eigenvalue weighted by Crippen LogP contribution is 2.52. The van der Waals surface area contributed by atoms with Crippen molar-refractivity contribution in [1.82, 2.24) is 19.5 Å². The van der Waals surface area contributed by atoms with Crippen LogP contribution in [0.2, 0.25) is 0 Å². The predicted molar refractivity (Wildman–Crippen MR) is 204 cm³/mol. The van der Waals surface area contributed by atoms with Gasteiger partial charge in [-0.05, 0) is 41.0 Å². The summed E-state index contributed by atoms with van der Waals surface area (Å²) in [6, 6.07) is 53.2. The van der Waals surface area contributed by atoms with Crippen LogP contribution < -0.4 is 4.90 Å². The molecule has 0 saturated carbocycles. The van der Waals surface area contributed by atoms with Gasteiger partial charge < -0.3 is 4.90 Å². The number of para-hydroxylation sites is 2. The summed E-state index contributed by atoms with van der Waals surface area (Å²) in [6.45, 7) is 0. The summed E-state index contributed by atoms with van der Waals surface area (Å²) in [5, 5.41) is 2.33. The number of fused-ring (bicyclic) bond motifs is 7. The highest BCUT2D eigenvalue weighted by molar-refractivity contribution is 6.15. The van der Waals surface area contributed by atoms with Crippen LogP contribution in [-0.2, 0) is 0 Å². The van der Waals surface area contributed by atoms with Crippen LogP contribution in [0.25, 0.3) is 61.7 Å². The average Bonchev–Trinajstić information content (AvgIpc) is 3.72. The molecule has 10 rings (SSSR count). The van der Waals surface area contributed by atoms with Gasteiger partial charge in [0.2, 0.25) is 5.95 Å². The Kier molecular flexibility index (Phi) is 6.56. The number of rotatable bonds is 5. The Labute approximate surface area is 290 Å². The molecule has 2 atom stereocenters. The van der Waals surface area contributed by atoms with Crippen molar-refractivity contribution in [2.75, 3.05) is 4.90 Å². The average molecular weight is 642 g/mol. The maximum absolute atomic E-state index is 5.31. The van der Waals surface area contributed by atoms with Gasteiger partial charge in [0.05, 0.1) is 22.8 Å². The monoisotopic (exact) mass is 641 g/mol. The quantitative estimate of drug-likeness (QED) is 0.188. The number of allylic oxidation sites excluding steroid dienone is 2. The van der Waals surface area contributed by atoms with Crippen molar-refractivity contribution in [3.8, 4) is 39.9 Å². The molecule has 0 saturated heterocycles. The molecule has 6 aromatic carbocycles. The first-order chi connectivity index (χ1) is 24.8. The Balaban J connectivity index is 1.28. The topological polar surface area (TPSA) is 46.8 Å². The fourth-order valence-corrected chi connectivity index (χ4v) is 7.73. The minimum Gasteiger partial charge on any atom is -0.332 e. The van der Waals surface area contributed by atoms with E-state index < -0.39 is 0 Å². The summed E-state index contributed by atoms with van der Waals surface area (Å²) in [7, 11) is 0. The molecule has 5 nitrogen and oxygen atoms in total. The van der Waals surface area contributed by atoms with E-state index in [2.05, 4.69) is 161 Å². The Hall–Kier alpha value is -6.59. The third-order valence-electron chi connectivity index (χ3n) is 9.96. The maximum Gasteiger partial charge on any atom is 0.238 e. The van der Waals surface area contributed by atoms with Crippen molar-refractivity contribution in [2.45, 2.75) is 12.0 Å². The first-order valence-electron chi connectivity index (χ1n) is 17.0. The maximum atomic E-state index is 5.31. The largest absolute Gasteiger partial charge is 0.332 e. The van der Waals surface area contributed by atoms with E-state index in [4.69, 9.17) is 15.0 Å². The van der Waals surface area contributed by atoms with Gasteiger partial charge in [0, 0.05) is 33.5 Å². The first kappa shape index (κ1) is 28.4. The zero-order valence-electron chi connectivity index (χ0n) is 27.1. The van der Waals surface area contributed by atoms with Crippen LogP contribution in [0.5, 0.6) is 0 Å². The number of aromatic nitrogens is 4. The normalized spacial score (nSPS) is 16.2. The van der Waals surface area contributed by atoms with E-state index in [1.807, 2.05) is 24.3 Å². The molecule has 3 heterocycles. The minimum absolute atomic E-state index is 0.156. The molecule has 2 unspecified atom stereocenters. The highest BCUT2D eigenvalue weighted by atomic mass is 15.2. The number of nitrogens with zero attached hydrogens (tertiary/aromatic N) is 5. The van der Waals surface area contributed by atoms with Gasteiger partial charge in [-0.25, -0.2) is 4.98 Å².